The van der Waals surface area contributed by atoms with E-state index in [2.05, 4.69) is 11.0 Å². The number of fused-ring (bicyclic) bond motifs is 2. The fourth-order valence-corrected chi connectivity index (χ4v) is 12.9. The van der Waals surface area contributed by atoms with Crippen LogP contribution in [0.3, 0.4) is 0 Å². The minimum Gasteiger partial charge on any atom is -0.454 e. The van der Waals surface area contributed by atoms with Crippen LogP contribution in [-0.2, 0) is 43.8 Å². The number of ether oxygens (including phenoxy) is 3. The molecule has 0 saturated carbocycles. The summed E-state index contributed by atoms with van der Waals surface area (Å²) in [6, 6.07) is 7.54. The number of carbonyl (C=O) groups excluding carboxylic acids is 2. The SMILES string of the molecule is CN1C(=O)[C@@]23C[C@@](C#N)(CN4CCOCC4)[C@H](c4ccc5c(c4)OCO5)N2C(=O)C1(C)[S@]3=S=S. The number of benzene rings is 1. The maximum atomic E-state index is 14.1. The molecule has 2 bridgehead atoms. The van der Waals surface area contributed by atoms with E-state index >= 15 is 0 Å². The predicted octanol–water partition coefficient (Wildman–Crippen LogP) is 0.507. The third-order valence-corrected chi connectivity index (χ3v) is 13.8. The minimum atomic E-state index is -1.13. The van der Waals surface area contributed by atoms with Gasteiger partial charge in [0.1, 0.15) is 0 Å². The van der Waals surface area contributed by atoms with Gasteiger partial charge in [-0.15, -0.1) is 0 Å². The highest BCUT2D eigenvalue weighted by atomic mass is 33.1. The molecule has 1 unspecified atom stereocenters. The molecule has 5 aliphatic rings. The Balaban J connectivity index is 1.56. The molecular weight excluding hydrogens is 496 g/mol. The Morgan fingerprint density at radius 1 is 1.24 bits per heavy atom. The number of morpholine rings is 1. The molecule has 4 fully saturated rings. The molecule has 12 heteroatoms. The molecule has 6 rings (SSSR count). The molecule has 1 aromatic carbocycles. The summed E-state index contributed by atoms with van der Waals surface area (Å²) in [4.78, 5) is 31.3. The molecule has 180 valence electrons. The lowest BCUT2D eigenvalue weighted by Crippen LogP contribution is -2.61. The molecule has 5 heterocycles. The molecule has 0 radical (unpaired) electrons. The van der Waals surface area contributed by atoms with Crippen LogP contribution in [0.2, 0.25) is 0 Å². The number of hydrogen-bond donors (Lipinski definition) is 0. The van der Waals surface area contributed by atoms with Gasteiger partial charge in [0.05, 0.1) is 30.7 Å². The molecule has 34 heavy (non-hydrogen) atoms. The normalized spacial score (nSPS) is 38.4. The molecule has 0 aliphatic carbocycles. The number of rotatable bonds is 3. The number of carbonyl (C=O) groups is 2. The fourth-order valence-electron chi connectivity index (χ4n) is 6.22. The lowest BCUT2D eigenvalue weighted by molar-refractivity contribution is -0.159. The zero-order valence-corrected chi connectivity index (χ0v) is 21.3. The largest absolute Gasteiger partial charge is 0.454 e. The quantitative estimate of drug-likeness (QED) is 0.569. The van der Waals surface area contributed by atoms with Gasteiger partial charge in [0, 0.05) is 33.1 Å². The first-order chi connectivity index (χ1) is 16.3. The second-order valence-electron chi connectivity index (χ2n) is 9.49. The van der Waals surface area contributed by atoms with E-state index in [-0.39, 0.29) is 25.0 Å². The molecule has 5 atom stereocenters. The highest BCUT2D eigenvalue weighted by Crippen LogP contribution is 2.65. The van der Waals surface area contributed by atoms with E-state index in [1.165, 1.54) is 0 Å². The van der Waals surface area contributed by atoms with Gasteiger partial charge in [-0.2, -0.15) is 5.26 Å². The molecule has 5 aliphatic heterocycles. The van der Waals surface area contributed by atoms with E-state index in [9.17, 15) is 14.9 Å². The fraction of sp³-hybridized carbons (Fsp3) is 0.591. The Bertz CT molecular complexity index is 1230. The van der Waals surface area contributed by atoms with Crippen LogP contribution < -0.4 is 9.47 Å². The van der Waals surface area contributed by atoms with Gasteiger partial charge < -0.3 is 24.0 Å². The van der Waals surface area contributed by atoms with Crippen LogP contribution in [0.4, 0.5) is 0 Å². The van der Waals surface area contributed by atoms with Crippen LogP contribution in [-0.4, -0.2) is 82.9 Å². The van der Waals surface area contributed by atoms with Crippen LogP contribution in [0.1, 0.15) is 24.9 Å². The Morgan fingerprint density at radius 3 is 2.68 bits per heavy atom. The lowest BCUT2D eigenvalue weighted by atomic mass is 9.76. The van der Waals surface area contributed by atoms with E-state index < -0.39 is 30.7 Å². The predicted molar refractivity (Wildman–Crippen MR) is 128 cm³/mol. The van der Waals surface area contributed by atoms with Gasteiger partial charge in [-0.25, -0.2) is 0 Å². The number of nitriles is 1. The minimum absolute atomic E-state index is 0.125. The maximum Gasteiger partial charge on any atom is 0.261 e. The van der Waals surface area contributed by atoms with Crippen molar-refractivity contribution in [2.75, 3.05) is 46.7 Å². The molecular formula is C22H24N4O5S3. The van der Waals surface area contributed by atoms with Crippen molar-refractivity contribution in [1.29, 1.82) is 5.26 Å². The summed E-state index contributed by atoms with van der Waals surface area (Å²) in [6.07, 6.45) is 0.254. The summed E-state index contributed by atoms with van der Waals surface area (Å²) in [6.45, 7) is 4.97. The van der Waals surface area contributed by atoms with Crippen LogP contribution in [0.5, 0.6) is 11.5 Å². The maximum absolute atomic E-state index is 14.1. The molecule has 1 spiro atoms. The van der Waals surface area contributed by atoms with Crippen molar-refractivity contribution in [3.05, 3.63) is 23.8 Å². The molecule has 9 nitrogen and oxygen atoms in total. The summed E-state index contributed by atoms with van der Waals surface area (Å²) in [7, 11) is 2.03. The zero-order valence-electron chi connectivity index (χ0n) is 18.8. The zero-order chi connectivity index (χ0) is 23.9. The number of nitrogens with zero attached hydrogens (tertiary/aromatic N) is 4. The Morgan fingerprint density at radius 2 is 1.97 bits per heavy atom. The average molecular weight is 521 g/mol. The summed E-state index contributed by atoms with van der Waals surface area (Å²) in [5, 5.41) is 10.8. The van der Waals surface area contributed by atoms with Gasteiger partial charge in [0.25, 0.3) is 11.8 Å². The van der Waals surface area contributed by atoms with Gasteiger partial charge in [0.2, 0.25) is 6.79 Å². The molecule has 2 amide bonds. The van der Waals surface area contributed by atoms with Crippen molar-refractivity contribution in [3.63, 3.8) is 0 Å². The van der Waals surface area contributed by atoms with Crippen LogP contribution in [0, 0.1) is 16.7 Å². The first-order valence-corrected chi connectivity index (χ1v) is 14.6. The Labute approximate surface area is 207 Å². The van der Waals surface area contributed by atoms with Crippen molar-refractivity contribution < 1.29 is 23.8 Å². The first-order valence-electron chi connectivity index (χ1n) is 11.1. The van der Waals surface area contributed by atoms with Gasteiger partial charge >= 0.3 is 0 Å². The van der Waals surface area contributed by atoms with E-state index in [0.717, 1.165) is 14.4 Å². The molecule has 1 aromatic rings. The monoisotopic (exact) mass is 520 g/mol. The van der Waals surface area contributed by atoms with E-state index in [1.807, 2.05) is 25.1 Å². The Hall–Kier alpha value is -2.04. The number of amides is 2. The van der Waals surface area contributed by atoms with Crippen molar-refractivity contribution in [2.45, 2.75) is 29.1 Å². The number of likely N-dealkylation sites (N-methyl/N-ethyl adjacent to an activating group) is 1. The second-order valence-corrected chi connectivity index (χ2v) is 14.3. The molecule has 0 aromatic heterocycles. The van der Waals surface area contributed by atoms with Gasteiger partial charge in [0.15, 0.2) is 21.2 Å². The number of piperazine rings is 1. The number of hydrogen-bond acceptors (Lipinski definition) is 8. The van der Waals surface area contributed by atoms with Crippen molar-refractivity contribution >= 4 is 41.3 Å². The highest BCUT2D eigenvalue weighted by Gasteiger charge is 2.81. The van der Waals surface area contributed by atoms with Gasteiger partial charge in [-0.05, 0) is 54.1 Å². The van der Waals surface area contributed by atoms with Crippen molar-refractivity contribution in [2.24, 2.45) is 5.41 Å². The van der Waals surface area contributed by atoms with E-state index in [4.69, 9.17) is 25.4 Å². The second kappa shape index (κ2) is 7.48. The first kappa shape index (κ1) is 22.4. The topological polar surface area (TPSA) is 95.3 Å². The van der Waals surface area contributed by atoms with Crippen LogP contribution in [0.15, 0.2) is 18.2 Å². The summed E-state index contributed by atoms with van der Waals surface area (Å²) in [5.74, 6) is 0.946. The van der Waals surface area contributed by atoms with E-state index in [0.29, 0.717) is 44.3 Å². The highest BCUT2D eigenvalue weighted by molar-refractivity contribution is 8.49. The lowest BCUT2D eigenvalue weighted by Gasteiger charge is -2.41. The van der Waals surface area contributed by atoms with Gasteiger partial charge in [-0.3, -0.25) is 14.5 Å². The van der Waals surface area contributed by atoms with Crippen LogP contribution >= 0.6 is 0 Å². The van der Waals surface area contributed by atoms with E-state index in [1.54, 1.807) is 16.8 Å². The third-order valence-electron chi connectivity index (χ3n) is 7.90. The molecule has 0 N–H and O–H groups in total. The van der Waals surface area contributed by atoms with Crippen LogP contribution in [0.25, 0.3) is 0 Å². The average Bonchev–Trinajstić information content (AvgIpc) is 3.51. The third kappa shape index (κ3) is 2.57. The summed E-state index contributed by atoms with van der Waals surface area (Å²) in [5.41, 5.74) is -0.229. The van der Waals surface area contributed by atoms with Crippen molar-refractivity contribution in [1.82, 2.24) is 14.7 Å². The smallest absolute Gasteiger partial charge is 0.261 e. The molecule has 4 saturated heterocycles. The van der Waals surface area contributed by atoms with Gasteiger partial charge in [-0.1, -0.05) is 6.07 Å². The standard InChI is InChI=1S/C22H24N4O5S3/c1-20-18(27)26-17(14-3-4-15-16(9-14)31-13-30-15)21(11-23,12-25-5-7-29-8-6-25)10-22(26,34(20)33-32)19(28)24(20)2/h3-4,9,17H,5-8,10,12-13H2,1-2H3/t17-,20?,21+,22-,34+/m0/s1. The van der Waals surface area contributed by atoms with Crippen molar-refractivity contribution in [3.8, 4) is 17.6 Å². The summed E-state index contributed by atoms with van der Waals surface area (Å²) < 4.78 is 16.6. The summed E-state index contributed by atoms with van der Waals surface area (Å²) >= 11 is 5.47. The Kier molecular flexibility index (Phi) is 4.93.